The number of benzene rings is 1. The number of aromatic nitrogens is 2. The highest BCUT2D eigenvalue weighted by molar-refractivity contribution is 9.10. The summed E-state index contributed by atoms with van der Waals surface area (Å²) in [7, 11) is 0. The molecule has 0 aliphatic carbocycles. The summed E-state index contributed by atoms with van der Waals surface area (Å²) in [4.78, 5) is 23.2. The highest BCUT2D eigenvalue weighted by Crippen LogP contribution is 2.20. The topological polar surface area (TPSA) is 58.1 Å². The van der Waals surface area contributed by atoms with Crippen LogP contribution in [-0.4, -0.2) is 29.0 Å². The third-order valence-electron chi connectivity index (χ3n) is 3.92. The van der Waals surface area contributed by atoms with E-state index in [0.29, 0.717) is 17.4 Å². The van der Waals surface area contributed by atoms with E-state index in [4.69, 9.17) is 0 Å². The van der Waals surface area contributed by atoms with Crippen molar-refractivity contribution in [1.82, 2.24) is 9.97 Å². The zero-order valence-corrected chi connectivity index (χ0v) is 14.6. The Bertz CT molecular complexity index is 689. The number of carbonyl (C=O) groups excluding carboxylic acids is 1. The van der Waals surface area contributed by atoms with Crippen LogP contribution in [-0.2, 0) is 0 Å². The lowest BCUT2D eigenvalue weighted by Gasteiger charge is -2.30. The first-order valence-corrected chi connectivity index (χ1v) is 8.55. The lowest BCUT2D eigenvalue weighted by Crippen LogP contribution is -2.35. The summed E-state index contributed by atoms with van der Waals surface area (Å²) in [5, 5.41) is 2.84. The molecule has 0 saturated carbocycles. The van der Waals surface area contributed by atoms with Crippen LogP contribution in [0, 0.1) is 5.92 Å². The average molecular weight is 375 g/mol. The minimum Gasteiger partial charge on any atom is -0.341 e. The molecule has 23 heavy (non-hydrogen) atoms. The first-order chi connectivity index (χ1) is 11.1. The van der Waals surface area contributed by atoms with E-state index in [2.05, 4.69) is 43.0 Å². The molecule has 1 N–H and O–H groups in total. The number of nitrogens with one attached hydrogen (secondary N) is 1. The molecule has 0 bridgehead atoms. The van der Waals surface area contributed by atoms with Crippen molar-refractivity contribution in [2.24, 2.45) is 5.92 Å². The van der Waals surface area contributed by atoms with Gasteiger partial charge in [-0.3, -0.25) is 4.79 Å². The number of carbonyl (C=O) groups is 1. The quantitative estimate of drug-likeness (QED) is 0.888. The van der Waals surface area contributed by atoms with Gasteiger partial charge in [0.25, 0.3) is 5.91 Å². The molecule has 1 aliphatic rings. The lowest BCUT2D eigenvalue weighted by molar-refractivity contribution is 0.102. The Morgan fingerprint density at radius 1 is 1.35 bits per heavy atom. The standard InChI is InChI=1S/C17H19BrN4O/c1-12-4-3-7-22(11-12)17-19-9-13(10-20-17)16(23)21-15-6-2-5-14(18)8-15/h2,5-6,8-10,12H,3-4,7,11H2,1H3,(H,21,23). The maximum Gasteiger partial charge on any atom is 0.258 e. The van der Waals surface area contributed by atoms with Gasteiger partial charge in [-0.2, -0.15) is 0 Å². The van der Waals surface area contributed by atoms with Gasteiger partial charge >= 0.3 is 0 Å². The number of hydrogen-bond acceptors (Lipinski definition) is 4. The van der Waals surface area contributed by atoms with Gasteiger partial charge in [-0.05, 0) is 37.0 Å². The second kappa shape index (κ2) is 7.08. The fraction of sp³-hybridized carbons (Fsp3) is 0.353. The predicted octanol–water partition coefficient (Wildman–Crippen LogP) is 3.73. The van der Waals surface area contributed by atoms with E-state index < -0.39 is 0 Å². The van der Waals surface area contributed by atoms with Crippen LogP contribution >= 0.6 is 15.9 Å². The Labute approximate surface area is 144 Å². The number of rotatable bonds is 3. The minimum absolute atomic E-state index is 0.207. The molecular weight excluding hydrogens is 356 g/mol. The van der Waals surface area contributed by atoms with Gasteiger partial charge in [0.05, 0.1) is 5.56 Å². The zero-order valence-electron chi connectivity index (χ0n) is 13.0. The predicted molar refractivity (Wildman–Crippen MR) is 94.7 cm³/mol. The number of anilines is 2. The van der Waals surface area contributed by atoms with Gasteiger partial charge in [0.15, 0.2) is 0 Å². The van der Waals surface area contributed by atoms with Crippen LogP contribution in [0.4, 0.5) is 11.6 Å². The van der Waals surface area contributed by atoms with E-state index in [1.165, 1.54) is 6.42 Å². The van der Waals surface area contributed by atoms with Crippen LogP contribution in [0.25, 0.3) is 0 Å². The molecule has 1 aromatic heterocycles. The Balaban J connectivity index is 1.68. The lowest BCUT2D eigenvalue weighted by atomic mass is 10.0. The smallest absolute Gasteiger partial charge is 0.258 e. The van der Waals surface area contributed by atoms with Crippen LogP contribution in [0.15, 0.2) is 41.1 Å². The van der Waals surface area contributed by atoms with Crippen LogP contribution < -0.4 is 10.2 Å². The Kier molecular flexibility index (Phi) is 4.91. The molecule has 1 aliphatic heterocycles. The summed E-state index contributed by atoms with van der Waals surface area (Å²) >= 11 is 3.39. The van der Waals surface area contributed by atoms with Crippen molar-refractivity contribution in [3.63, 3.8) is 0 Å². The fourth-order valence-corrected chi connectivity index (χ4v) is 3.14. The summed E-state index contributed by atoms with van der Waals surface area (Å²) in [6, 6.07) is 7.47. The third kappa shape index (κ3) is 4.07. The van der Waals surface area contributed by atoms with Gasteiger partial charge in [0.2, 0.25) is 5.95 Å². The van der Waals surface area contributed by atoms with Gasteiger partial charge in [0, 0.05) is 35.6 Å². The summed E-state index contributed by atoms with van der Waals surface area (Å²) in [6.07, 6.45) is 5.60. The zero-order chi connectivity index (χ0) is 16.2. The molecule has 1 saturated heterocycles. The van der Waals surface area contributed by atoms with E-state index in [-0.39, 0.29) is 5.91 Å². The molecule has 0 spiro atoms. The van der Waals surface area contributed by atoms with Crippen molar-refractivity contribution >= 4 is 33.5 Å². The number of piperidine rings is 1. The van der Waals surface area contributed by atoms with E-state index in [9.17, 15) is 4.79 Å². The van der Waals surface area contributed by atoms with E-state index in [0.717, 1.165) is 29.7 Å². The number of nitrogens with zero attached hydrogens (tertiary/aromatic N) is 3. The van der Waals surface area contributed by atoms with Crippen molar-refractivity contribution in [2.45, 2.75) is 19.8 Å². The highest BCUT2D eigenvalue weighted by Gasteiger charge is 2.19. The molecule has 5 nitrogen and oxygen atoms in total. The molecule has 2 heterocycles. The number of amides is 1. The van der Waals surface area contributed by atoms with Gasteiger partial charge in [-0.1, -0.05) is 28.9 Å². The molecule has 2 aromatic rings. The molecule has 120 valence electrons. The Morgan fingerprint density at radius 2 is 2.13 bits per heavy atom. The van der Waals surface area contributed by atoms with Crippen molar-refractivity contribution in [3.8, 4) is 0 Å². The van der Waals surface area contributed by atoms with Crippen LogP contribution in [0.5, 0.6) is 0 Å². The third-order valence-corrected chi connectivity index (χ3v) is 4.42. The summed E-state index contributed by atoms with van der Waals surface area (Å²) < 4.78 is 0.918. The monoisotopic (exact) mass is 374 g/mol. The van der Waals surface area contributed by atoms with E-state index >= 15 is 0 Å². The van der Waals surface area contributed by atoms with Gasteiger partial charge in [0.1, 0.15) is 0 Å². The number of halogens is 1. The van der Waals surface area contributed by atoms with Crippen molar-refractivity contribution in [1.29, 1.82) is 0 Å². The van der Waals surface area contributed by atoms with E-state index in [1.54, 1.807) is 12.4 Å². The van der Waals surface area contributed by atoms with Crippen molar-refractivity contribution in [2.75, 3.05) is 23.3 Å². The van der Waals surface area contributed by atoms with Crippen molar-refractivity contribution < 1.29 is 4.79 Å². The van der Waals surface area contributed by atoms with Gasteiger partial charge < -0.3 is 10.2 Å². The molecular formula is C17H19BrN4O. The SMILES string of the molecule is CC1CCCN(c2ncc(C(=O)Nc3cccc(Br)c3)cn2)C1. The van der Waals surface area contributed by atoms with Gasteiger partial charge in [-0.15, -0.1) is 0 Å². The molecule has 1 aromatic carbocycles. The largest absolute Gasteiger partial charge is 0.341 e. The maximum absolute atomic E-state index is 12.2. The summed E-state index contributed by atoms with van der Waals surface area (Å²) in [5.41, 5.74) is 1.19. The second-order valence-electron chi connectivity index (χ2n) is 5.93. The Hall–Kier alpha value is -1.95. The van der Waals surface area contributed by atoms with Crippen LogP contribution in [0.3, 0.4) is 0 Å². The van der Waals surface area contributed by atoms with Gasteiger partial charge in [-0.25, -0.2) is 9.97 Å². The molecule has 1 amide bonds. The highest BCUT2D eigenvalue weighted by atomic mass is 79.9. The first kappa shape index (κ1) is 15.9. The molecule has 6 heteroatoms. The Morgan fingerprint density at radius 3 is 2.83 bits per heavy atom. The molecule has 1 unspecified atom stereocenters. The summed E-state index contributed by atoms with van der Waals surface area (Å²) in [6.45, 7) is 4.20. The first-order valence-electron chi connectivity index (χ1n) is 7.76. The maximum atomic E-state index is 12.2. The normalized spacial score (nSPS) is 17.8. The molecule has 3 rings (SSSR count). The minimum atomic E-state index is -0.207. The van der Waals surface area contributed by atoms with E-state index in [1.807, 2.05) is 24.3 Å². The second-order valence-corrected chi connectivity index (χ2v) is 6.85. The van der Waals surface area contributed by atoms with Crippen molar-refractivity contribution in [3.05, 3.63) is 46.7 Å². The fourth-order valence-electron chi connectivity index (χ4n) is 2.74. The molecule has 1 atom stereocenters. The molecule has 1 fully saturated rings. The number of hydrogen-bond donors (Lipinski definition) is 1. The average Bonchev–Trinajstić information content (AvgIpc) is 2.55. The molecule has 0 radical (unpaired) electrons. The van der Waals surface area contributed by atoms with Crippen LogP contribution in [0.2, 0.25) is 0 Å². The summed E-state index contributed by atoms with van der Waals surface area (Å²) in [5.74, 6) is 1.16. The van der Waals surface area contributed by atoms with Crippen LogP contribution in [0.1, 0.15) is 30.1 Å².